The fraction of sp³-hybridized carbons (Fsp3) is 0.273. The molecule has 7 heteroatoms. The van der Waals surface area contributed by atoms with E-state index in [0.29, 0.717) is 22.0 Å². The third-order valence-electron chi connectivity index (χ3n) is 4.99. The number of H-pyrrole nitrogens is 1. The van der Waals surface area contributed by atoms with Crippen LogP contribution in [0.15, 0.2) is 52.4 Å². The summed E-state index contributed by atoms with van der Waals surface area (Å²) in [6.07, 6.45) is 6.47. The zero-order chi connectivity index (χ0) is 20.2. The molecule has 2 N–H and O–H groups in total. The van der Waals surface area contributed by atoms with Crippen LogP contribution in [0.25, 0.3) is 10.9 Å². The fourth-order valence-electron chi connectivity index (χ4n) is 3.55. The van der Waals surface area contributed by atoms with Crippen LogP contribution in [-0.2, 0) is 0 Å². The van der Waals surface area contributed by atoms with E-state index in [4.69, 9.17) is 21.1 Å². The number of fused-ring (bicyclic) bond motifs is 1. The second-order valence-corrected chi connectivity index (χ2v) is 7.48. The van der Waals surface area contributed by atoms with Gasteiger partial charge in [-0.25, -0.2) is 0 Å². The number of hydrogen-bond donors (Lipinski definition) is 2. The van der Waals surface area contributed by atoms with Gasteiger partial charge in [0.15, 0.2) is 11.5 Å². The minimum absolute atomic E-state index is 0.228. The minimum Gasteiger partial charge on any atom is -0.493 e. The molecule has 1 fully saturated rings. The van der Waals surface area contributed by atoms with E-state index in [9.17, 15) is 4.79 Å². The van der Waals surface area contributed by atoms with Crippen LogP contribution in [0, 0.1) is 0 Å². The summed E-state index contributed by atoms with van der Waals surface area (Å²) in [5.41, 5.74) is 4.85. The standard InChI is InChI=1S/C22H22ClN3O3/c1-28-20-9-6-14(10-21(20)29-16-4-2-3-5-16)13-24-26-19-12-22(27)25-18-11-15(23)7-8-17(18)19/h6-13,16H,2-5H2,1H3,(H2,25,26,27). The van der Waals surface area contributed by atoms with Crippen molar-refractivity contribution in [1.29, 1.82) is 0 Å². The Kier molecular flexibility index (Phi) is 5.71. The first kappa shape index (κ1) is 19.3. The maximum absolute atomic E-state index is 11.9. The van der Waals surface area contributed by atoms with Gasteiger partial charge in [0.1, 0.15) is 0 Å². The Morgan fingerprint density at radius 3 is 2.76 bits per heavy atom. The SMILES string of the molecule is COc1ccc(C=NNc2cc(=O)[nH]c3cc(Cl)ccc23)cc1OC1CCCC1. The average Bonchev–Trinajstić information content (AvgIpc) is 3.21. The second-order valence-electron chi connectivity index (χ2n) is 7.04. The number of pyridine rings is 1. The number of aromatic nitrogens is 1. The minimum atomic E-state index is -0.228. The maximum Gasteiger partial charge on any atom is 0.250 e. The van der Waals surface area contributed by atoms with Crippen LogP contribution in [-0.4, -0.2) is 24.4 Å². The molecule has 0 bridgehead atoms. The van der Waals surface area contributed by atoms with E-state index in [1.54, 1.807) is 25.5 Å². The summed E-state index contributed by atoms with van der Waals surface area (Å²) in [7, 11) is 1.64. The molecule has 0 saturated heterocycles. The van der Waals surface area contributed by atoms with E-state index >= 15 is 0 Å². The number of methoxy groups -OCH3 is 1. The normalized spacial score (nSPS) is 14.6. The summed E-state index contributed by atoms with van der Waals surface area (Å²) >= 11 is 6.01. The van der Waals surface area contributed by atoms with Crippen LogP contribution >= 0.6 is 11.6 Å². The third kappa shape index (κ3) is 4.54. The molecule has 0 unspecified atom stereocenters. The van der Waals surface area contributed by atoms with Gasteiger partial charge >= 0.3 is 0 Å². The molecule has 1 saturated carbocycles. The summed E-state index contributed by atoms with van der Waals surface area (Å²) < 4.78 is 11.5. The summed E-state index contributed by atoms with van der Waals surface area (Å²) in [6, 6.07) is 12.5. The van der Waals surface area contributed by atoms with Crippen molar-refractivity contribution < 1.29 is 9.47 Å². The number of ether oxygens (including phenoxy) is 2. The van der Waals surface area contributed by atoms with Crippen LogP contribution in [0.3, 0.4) is 0 Å². The lowest BCUT2D eigenvalue weighted by Gasteiger charge is -2.16. The van der Waals surface area contributed by atoms with Crippen LogP contribution in [0.5, 0.6) is 11.5 Å². The van der Waals surface area contributed by atoms with Crippen molar-refractivity contribution >= 4 is 34.4 Å². The van der Waals surface area contributed by atoms with E-state index in [-0.39, 0.29) is 11.7 Å². The highest BCUT2D eigenvalue weighted by Gasteiger charge is 2.18. The number of hydrazone groups is 1. The molecule has 1 heterocycles. The molecule has 1 aromatic heterocycles. The maximum atomic E-state index is 11.9. The predicted molar refractivity (Wildman–Crippen MR) is 117 cm³/mol. The lowest BCUT2D eigenvalue weighted by molar-refractivity contribution is 0.201. The van der Waals surface area contributed by atoms with E-state index in [1.807, 2.05) is 24.3 Å². The van der Waals surface area contributed by atoms with Crippen LogP contribution < -0.4 is 20.5 Å². The molecule has 0 radical (unpaired) electrons. The number of hydrogen-bond acceptors (Lipinski definition) is 5. The Morgan fingerprint density at radius 2 is 1.97 bits per heavy atom. The number of nitrogens with zero attached hydrogens (tertiary/aromatic N) is 1. The summed E-state index contributed by atoms with van der Waals surface area (Å²) in [6.45, 7) is 0. The number of halogens is 1. The largest absolute Gasteiger partial charge is 0.493 e. The van der Waals surface area contributed by atoms with Crippen molar-refractivity contribution in [3.05, 3.63) is 63.4 Å². The molecule has 0 amide bonds. The smallest absolute Gasteiger partial charge is 0.250 e. The first-order valence-electron chi connectivity index (χ1n) is 9.59. The average molecular weight is 412 g/mol. The van der Waals surface area contributed by atoms with Gasteiger partial charge < -0.3 is 14.5 Å². The monoisotopic (exact) mass is 411 g/mol. The van der Waals surface area contributed by atoms with Crippen molar-refractivity contribution in [2.75, 3.05) is 12.5 Å². The van der Waals surface area contributed by atoms with E-state index < -0.39 is 0 Å². The van der Waals surface area contributed by atoms with Crippen molar-refractivity contribution in [3.63, 3.8) is 0 Å². The molecule has 2 aromatic carbocycles. The Hall–Kier alpha value is -2.99. The third-order valence-corrected chi connectivity index (χ3v) is 5.22. The van der Waals surface area contributed by atoms with Crippen LogP contribution in [0.4, 0.5) is 5.69 Å². The van der Waals surface area contributed by atoms with Gasteiger partial charge in [0.05, 0.1) is 30.6 Å². The molecular weight excluding hydrogens is 390 g/mol. The van der Waals surface area contributed by atoms with Crippen molar-refractivity contribution in [1.82, 2.24) is 4.98 Å². The molecule has 0 atom stereocenters. The Morgan fingerprint density at radius 1 is 1.14 bits per heavy atom. The second kappa shape index (κ2) is 8.57. The van der Waals surface area contributed by atoms with Gasteiger partial charge in [-0.15, -0.1) is 0 Å². The van der Waals surface area contributed by atoms with Gasteiger partial charge in [0, 0.05) is 16.5 Å². The number of rotatable bonds is 6. The number of benzene rings is 2. The van der Waals surface area contributed by atoms with Crippen LogP contribution in [0.1, 0.15) is 31.2 Å². The number of aromatic amines is 1. The number of nitrogens with one attached hydrogen (secondary N) is 2. The highest BCUT2D eigenvalue weighted by atomic mass is 35.5. The summed E-state index contributed by atoms with van der Waals surface area (Å²) in [5.74, 6) is 1.43. The zero-order valence-electron chi connectivity index (χ0n) is 16.1. The lowest BCUT2D eigenvalue weighted by atomic mass is 10.2. The Balaban J connectivity index is 1.55. The van der Waals surface area contributed by atoms with Gasteiger partial charge in [0.2, 0.25) is 0 Å². The first-order valence-corrected chi connectivity index (χ1v) is 9.96. The Labute approximate surface area is 173 Å². The van der Waals surface area contributed by atoms with E-state index in [0.717, 1.165) is 29.5 Å². The Bertz CT molecular complexity index is 1100. The number of anilines is 1. The lowest BCUT2D eigenvalue weighted by Crippen LogP contribution is -2.11. The summed E-state index contributed by atoms with van der Waals surface area (Å²) in [5, 5.41) is 5.68. The topological polar surface area (TPSA) is 75.7 Å². The van der Waals surface area contributed by atoms with E-state index in [1.165, 1.54) is 18.9 Å². The van der Waals surface area contributed by atoms with E-state index in [2.05, 4.69) is 15.5 Å². The zero-order valence-corrected chi connectivity index (χ0v) is 16.8. The molecule has 1 aliphatic carbocycles. The quantitative estimate of drug-likeness (QED) is 0.444. The van der Waals surface area contributed by atoms with Gasteiger partial charge in [-0.2, -0.15) is 5.10 Å². The highest BCUT2D eigenvalue weighted by Crippen LogP contribution is 2.32. The molecule has 29 heavy (non-hydrogen) atoms. The van der Waals surface area contributed by atoms with Crippen molar-refractivity contribution in [3.8, 4) is 11.5 Å². The van der Waals surface area contributed by atoms with Gasteiger partial charge in [-0.05, 0) is 67.6 Å². The molecule has 3 aromatic rings. The molecule has 1 aliphatic rings. The van der Waals surface area contributed by atoms with Gasteiger partial charge in [-0.1, -0.05) is 11.6 Å². The van der Waals surface area contributed by atoms with Crippen molar-refractivity contribution in [2.45, 2.75) is 31.8 Å². The molecule has 0 spiro atoms. The van der Waals surface area contributed by atoms with Crippen molar-refractivity contribution in [2.24, 2.45) is 5.10 Å². The summed E-state index contributed by atoms with van der Waals surface area (Å²) in [4.78, 5) is 14.7. The predicted octanol–water partition coefficient (Wildman–Crippen LogP) is 4.96. The molecule has 0 aliphatic heterocycles. The molecular formula is C22H22ClN3O3. The highest BCUT2D eigenvalue weighted by molar-refractivity contribution is 6.31. The van der Waals surface area contributed by atoms with Gasteiger partial charge in [-0.3, -0.25) is 10.2 Å². The molecule has 4 rings (SSSR count). The molecule has 150 valence electrons. The fourth-order valence-corrected chi connectivity index (χ4v) is 3.72. The van der Waals surface area contributed by atoms with Gasteiger partial charge in [0.25, 0.3) is 5.56 Å². The van der Waals surface area contributed by atoms with Crippen LogP contribution in [0.2, 0.25) is 5.02 Å². The first-order chi connectivity index (χ1) is 14.1. The molecule has 6 nitrogen and oxygen atoms in total.